The highest BCUT2D eigenvalue weighted by Gasteiger charge is 2.17. The second kappa shape index (κ2) is 7.04. The van der Waals surface area contributed by atoms with Gasteiger partial charge in [-0.1, -0.05) is 11.8 Å². The smallest absolute Gasteiger partial charge is 0.395 e. The minimum Gasteiger partial charge on any atom is -0.395 e. The third-order valence-electron chi connectivity index (χ3n) is 2.24. The highest BCUT2D eigenvalue weighted by atomic mass is 32.2. The fourth-order valence-electron chi connectivity index (χ4n) is 1.30. The van der Waals surface area contributed by atoms with Crippen molar-refractivity contribution in [3.8, 4) is 0 Å². The fourth-order valence-corrected chi connectivity index (χ4v) is 2.95. The van der Waals surface area contributed by atoms with Crippen LogP contribution in [0, 0.1) is 17.0 Å². The lowest BCUT2D eigenvalue weighted by Gasteiger charge is -2.04. The van der Waals surface area contributed by atoms with Crippen LogP contribution in [0.4, 0.5) is 5.88 Å². The molecule has 2 amide bonds. The molecule has 116 valence electrons. The highest BCUT2D eigenvalue weighted by molar-refractivity contribution is 8.01. The number of rotatable bonds is 5. The number of amides is 2. The molecule has 0 aliphatic heterocycles. The number of hydrogen-bond donors (Lipinski definition) is 2. The minimum absolute atomic E-state index is 0.0749. The number of thioether (sulfide) groups is 1. The van der Waals surface area contributed by atoms with Gasteiger partial charge in [-0.25, -0.2) is 4.98 Å². The Morgan fingerprint density at radius 1 is 1.45 bits per heavy atom. The van der Waals surface area contributed by atoms with Crippen LogP contribution in [0.5, 0.6) is 0 Å². The summed E-state index contributed by atoms with van der Waals surface area (Å²) in [5.41, 5.74) is 5.17. The number of aromatic nitrogens is 1. The van der Waals surface area contributed by atoms with E-state index in [1.165, 1.54) is 23.1 Å². The van der Waals surface area contributed by atoms with Crippen LogP contribution in [0.2, 0.25) is 0 Å². The van der Waals surface area contributed by atoms with E-state index in [0.717, 1.165) is 22.2 Å². The largest absolute Gasteiger partial charge is 0.433 e. The summed E-state index contributed by atoms with van der Waals surface area (Å²) in [6.45, 7) is 1.85. The first-order chi connectivity index (χ1) is 10.5. The van der Waals surface area contributed by atoms with Crippen LogP contribution < -0.4 is 10.9 Å². The number of carbonyl (C=O) groups is 2. The predicted octanol–water partition coefficient (Wildman–Crippen LogP) is 1.51. The average molecular weight is 342 g/mol. The molecule has 0 unspecified atom stereocenters. The summed E-state index contributed by atoms with van der Waals surface area (Å²) in [5.74, 6) is -1.96. The van der Waals surface area contributed by atoms with E-state index in [1.54, 1.807) is 0 Å². The van der Waals surface area contributed by atoms with Gasteiger partial charge in [0, 0.05) is 11.1 Å². The Labute approximate surface area is 132 Å². The van der Waals surface area contributed by atoms with Crippen molar-refractivity contribution >= 4 is 40.8 Å². The Hall–Kier alpha value is -2.40. The van der Waals surface area contributed by atoms with Crippen LogP contribution in [-0.2, 0) is 4.79 Å². The van der Waals surface area contributed by atoms with Crippen LogP contribution in [-0.4, -0.2) is 27.5 Å². The van der Waals surface area contributed by atoms with Crippen molar-refractivity contribution < 1.29 is 18.9 Å². The zero-order chi connectivity index (χ0) is 16.1. The van der Waals surface area contributed by atoms with Crippen LogP contribution in [0.1, 0.15) is 16.2 Å². The van der Waals surface area contributed by atoms with Gasteiger partial charge in [-0.15, -0.1) is 11.3 Å². The lowest BCUT2D eigenvalue weighted by atomic mass is 10.4. The molecule has 11 heteroatoms. The molecule has 0 radical (unpaired) electrons. The van der Waals surface area contributed by atoms with Crippen molar-refractivity contribution in [1.82, 2.24) is 15.8 Å². The molecule has 2 rings (SSSR count). The van der Waals surface area contributed by atoms with E-state index in [1.807, 2.05) is 12.3 Å². The second-order valence-corrected chi connectivity index (χ2v) is 6.02. The molecule has 0 aliphatic rings. The van der Waals surface area contributed by atoms with E-state index >= 15 is 0 Å². The Morgan fingerprint density at radius 3 is 2.82 bits per heavy atom. The number of carbonyl (C=O) groups excluding carboxylic acids is 2. The number of hydrazine groups is 1. The quantitative estimate of drug-likeness (QED) is 0.479. The molecule has 0 atom stereocenters. The number of thiazole rings is 1. The molecule has 2 heterocycles. The number of nitrogens with zero attached hydrogens (tertiary/aromatic N) is 2. The molecule has 2 aromatic heterocycles. The van der Waals surface area contributed by atoms with E-state index in [0.29, 0.717) is 0 Å². The zero-order valence-electron chi connectivity index (χ0n) is 11.2. The molecule has 22 heavy (non-hydrogen) atoms. The van der Waals surface area contributed by atoms with Crippen LogP contribution in [0.25, 0.3) is 0 Å². The van der Waals surface area contributed by atoms with Gasteiger partial charge in [-0.2, -0.15) is 0 Å². The normalized spacial score (nSPS) is 10.2. The number of hydrogen-bond acceptors (Lipinski definition) is 8. The third kappa shape index (κ3) is 4.30. The fraction of sp³-hybridized carbons (Fsp3) is 0.182. The van der Waals surface area contributed by atoms with E-state index in [2.05, 4.69) is 15.8 Å². The first-order valence-electron chi connectivity index (χ1n) is 5.84. The number of furan rings is 1. The Kier molecular flexibility index (Phi) is 5.12. The predicted molar refractivity (Wildman–Crippen MR) is 78.5 cm³/mol. The summed E-state index contributed by atoms with van der Waals surface area (Å²) in [6.07, 6.45) is 0. The van der Waals surface area contributed by atoms with Crippen molar-refractivity contribution in [1.29, 1.82) is 0 Å². The van der Waals surface area contributed by atoms with Gasteiger partial charge in [0.15, 0.2) is 4.34 Å². The third-order valence-corrected chi connectivity index (χ3v) is 4.37. The molecule has 0 aliphatic carbocycles. The monoisotopic (exact) mass is 342 g/mol. The summed E-state index contributed by atoms with van der Waals surface area (Å²) in [4.78, 5) is 37.0. The maximum absolute atomic E-state index is 11.6. The maximum atomic E-state index is 11.6. The lowest BCUT2D eigenvalue weighted by molar-refractivity contribution is -0.402. The highest BCUT2D eigenvalue weighted by Crippen LogP contribution is 2.21. The van der Waals surface area contributed by atoms with E-state index < -0.39 is 22.6 Å². The van der Waals surface area contributed by atoms with Gasteiger partial charge in [-0.05, 0) is 13.0 Å². The van der Waals surface area contributed by atoms with Gasteiger partial charge in [0.2, 0.25) is 11.7 Å². The molecule has 0 aromatic carbocycles. The summed E-state index contributed by atoms with van der Waals surface area (Å²) < 4.78 is 5.45. The molecular formula is C11H10N4O5S2. The van der Waals surface area contributed by atoms with E-state index in [4.69, 9.17) is 4.42 Å². The summed E-state index contributed by atoms with van der Waals surface area (Å²) in [7, 11) is 0. The first kappa shape index (κ1) is 16.0. The molecule has 0 spiro atoms. The van der Waals surface area contributed by atoms with Gasteiger partial charge < -0.3 is 4.42 Å². The molecular weight excluding hydrogens is 332 g/mol. The van der Waals surface area contributed by atoms with Gasteiger partial charge in [0.1, 0.15) is 4.92 Å². The van der Waals surface area contributed by atoms with Crippen molar-refractivity contribution in [2.24, 2.45) is 0 Å². The Morgan fingerprint density at radius 2 is 2.23 bits per heavy atom. The number of aryl methyl sites for hydroxylation is 1. The molecule has 0 bridgehead atoms. The minimum atomic E-state index is -0.781. The molecule has 9 nitrogen and oxygen atoms in total. The molecule has 2 aromatic rings. The molecule has 0 saturated carbocycles. The number of nitro groups is 1. The average Bonchev–Trinajstić information content (AvgIpc) is 3.11. The van der Waals surface area contributed by atoms with Crippen molar-refractivity contribution in [3.63, 3.8) is 0 Å². The standard InChI is InChI=1S/C11H10N4O5S2/c1-6-4-21-11(12-6)22-5-8(16)13-14-10(17)7-2-3-9(20-7)15(18)19/h2-4H,5H2,1H3,(H,13,16)(H,14,17). The van der Waals surface area contributed by atoms with Crippen molar-refractivity contribution in [3.05, 3.63) is 39.1 Å². The van der Waals surface area contributed by atoms with Crippen molar-refractivity contribution in [2.75, 3.05) is 5.75 Å². The molecule has 2 N–H and O–H groups in total. The van der Waals surface area contributed by atoms with Crippen LogP contribution in [0.3, 0.4) is 0 Å². The Bertz CT molecular complexity index is 711. The van der Waals surface area contributed by atoms with Crippen molar-refractivity contribution in [2.45, 2.75) is 11.3 Å². The SMILES string of the molecule is Cc1csc(SCC(=O)NNC(=O)c2ccc([N+](=O)[O-])o2)n1. The molecule has 0 saturated heterocycles. The summed E-state index contributed by atoms with van der Waals surface area (Å²) >= 11 is 2.66. The summed E-state index contributed by atoms with van der Waals surface area (Å²) in [5, 5.41) is 12.3. The lowest BCUT2D eigenvalue weighted by Crippen LogP contribution is -2.42. The second-order valence-electron chi connectivity index (χ2n) is 3.94. The van der Waals surface area contributed by atoms with Gasteiger partial charge >= 0.3 is 11.8 Å². The summed E-state index contributed by atoms with van der Waals surface area (Å²) in [6, 6.07) is 2.20. The first-order valence-corrected chi connectivity index (χ1v) is 7.70. The Balaban J connectivity index is 1.77. The number of nitrogens with one attached hydrogen (secondary N) is 2. The van der Waals surface area contributed by atoms with Crippen LogP contribution in [0.15, 0.2) is 26.3 Å². The zero-order valence-corrected chi connectivity index (χ0v) is 12.8. The van der Waals surface area contributed by atoms with Crippen LogP contribution >= 0.6 is 23.1 Å². The topological polar surface area (TPSA) is 127 Å². The van der Waals surface area contributed by atoms with E-state index in [-0.39, 0.29) is 11.5 Å². The molecule has 0 fully saturated rings. The maximum Gasteiger partial charge on any atom is 0.433 e. The van der Waals surface area contributed by atoms with E-state index in [9.17, 15) is 19.7 Å². The van der Waals surface area contributed by atoms with Gasteiger partial charge in [0.25, 0.3) is 0 Å². The van der Waals surface area contributed by atoms with Gasteiger partial charge in [-0.3, -0.25) is 30.6 Å². The van der Waals surface area contributed by atoms with Gasteiger partial charge in [0.05, 0.1) is 11.8 Å².